The van der Waals surface area contributed by atoms with Gasteiger partial charge in [0.2, 0.25) is 0 Å². The predicted molar refractivity (Wildman–Crippen MR) is 96.9 cm³/mol. The first-order valence-corrected chi connectivity index (χ1v) is 8.84. The maximum Gasteiger partial charge on any atom is 0.263 e. The molecule has 2 unspecified atom stereocenters. The van der Waals surface area contributed by atoms with Gasteiger partial charge in [-0.2, -0.15) is 0 Å². The van der Waals surface area contributed by atoms with Crippen LogP contribution >= 0.6 is 0 Å². The van der Waals surface area contributed by atoms with E-state index >= 15 is 0 Å². The molecule has 132 valence electrons. The molecule has 1 heterocycles. The molecule has 0 saturated carbocycles. The zero-order valence-corrected chi connectivity index (χ0v) is 14.5. The third-order valence-corrected chi connectivity index (χ3v) is 5.12. The summed E-state index contributed by atoms with van der Waals surface area (Å²) in [5.41, 5.74) is -0.598. The van der Waals surface area contributed by atoms with Crippen molar-refractivity contribution in [3.05, 3.63) is 71.8 Å². The minimum absolute atomic E-state index is 0.0495. The molecule has 4 nitrogen and oxygen atoms in total. The van der Waals surface area contributed by atoms with Crippen molar-refractivity contribution < 1.29 is 15.0 Å². The topological polar surface area (TPSA) is 60.8 Å². The van der Waals surface area contributed by atoms with E-state index in [-0.39, 0.29) is 11.8 Å². The van der Waals surface area contributed by atoms with Crippen LogP contribution in [0.5, 0.6) is 0 Å². The fourth-order valence-electron chi connectivity index (χ4n) is 3.59. The molecule has 1 amide bonds. The van der Waals surface area contributed by atoms with Crippen molar-refractivity contribution in [2.45, 2.75) is 31.5 Å². The van der Waals surface area contributed by atoms with Crippen LogP contribution in [0.4, 0.5) is 0 Å². The molecule has 2 N–H and O–H groups in total. The molecule has 0 aromatic heterocycles. The van der Waals surface area contributed by atoms with E-state index in [1.54, 1.807) is 36.1 Å². The van der Waals surface area contributed by atoms with Crippen LogP contribution in [0.25, 0.3) is 0 Å². The fourth-order valence-corrected chi connectivity index (χ4v) is 3.59. The number of carbonyl (C=O) groups excluding carboxylic acids is 1. The summed E-state index contributed by atoms with van der Waals surface area (Å²) in [5, 5.41) is 21.5. The number of aliphatic hydroxyl groups is 2. The van der Waals surface area contributed by atoms with Gasteiger partial charge in [0.25, 0.3) is 5.91 Å². The summed E-state index contributed by atoms with van der Waals surface area (Å²) in [6.45, 7) is 2.84. The summed E-state index contributed by atoms with van der Waals surface area (Å²) in [4.78, 5) is 15.1. The van der Waals surface area contributed by atoms with Crippen molar-refractivity contribution >= 4 is 5.91 Å². The second-order valence-electron chi connectivity index (χ2n) is 6.84. The van der Waals surface area contributed by atoms with Gasteiger partial charge in [0.05, 0.1) is 6.10 Å². The van der Waals surface area contributed by atoms with E-state index in [1.165, 1.54) is 0 Å². The Kier molecular flexibility index (Phi) is 5.21. The van der Waals surface area contributed by atoms with Crippen molar-refractivity contribution in [3.63, 3.8) is 0 Å². The van der Waals surface area contributed by atoms with Gasteiger partial charge in [-0.3, -0.25) is 4.79 Å². The Morgan fingerprint density at radius 3 is 2.08 bits per heavy atom. The second kappa shape index (κ2) is 7.38. The predicted octanol–water partition coefficient (Wildman–Crippen LogP) is 2.54. The number of likely N-dealkylation sites (tertiary alicyclic amines) is 1. The lowest BCUT2D eigenvalue weighted by Crippen LogP contribution is -2.52. The Labute approximate surface area is 148 Å². The van der Waals surface area contributed by atoms with Crippen molar-refractivity contribution in [1.29, 1.82) is 0 Å². The smallest absolute Gasteiger partial charge is 0.263 e. The number of benzene rings is 2. The molecule has 2 atom stereocenters. The standard InChI is InChI=1S/C21H25NO3/c1-16(23)17-9-8-14-22(15-17)20(24)21(25,18-10-4-2-5-11-18)19-12-6-3-7-13-19/h2-7,10-13,16-17,23,25H,8-9,14-15H2,1H3. The van der Waals surface area contributed by atoms with Gasteiger partial charge in [-0.05, 0) is 30.9 Å². The zero-order valence-electron chi connectivity index (χ0n) is 14.5. The van der Waals surface area contributed by atoms with E-state index in [1.807, 2.05) is 36.4 Å². The van der Waals surface area contributed by atoms with Crippen LogP contribution in [0.3, 0.4) is 0 Å². The van der Waals surface area contributed by atoms with E-state index in [0.29, 0.717) is 24.2 Å². The maximum atomic E-state index is 13.4. The number of nitrogens with zero attached hydrogens (tertiary/aromatic N) is 1. The molecule has 1 saturated heterocycles. The van der Waals surface area contributed by atoms with E-state index in [0.717, 1.165) is 12.8 Å². The number of hydrogen-bond donors (Lipinski definition) is 2. The molecule has 2 aromatic rings. The van der Waals surface area contributed by atoms with Gasteiger partial charge in [-0.1, -0.05) is 60.7 Å². The number of hydrogen-bond acceptors (Lipinski definition) is 3. The third kappa shape index (κ3) is 3.46. The first kappa shape index (κ1) is 17.6. The Morgan fingerprint density at radius 2 is 1.60 bits per heavy atom. The van der Waals surface area contributed by atoms with Crippen molar-refractivity contribution in [2.24, 2.45) is 5.92 Å². The highest BCUT2D eigenvalue weighted by molar-refractivity contribution is 5.90. The number of rotatable bonds is 4. The van der Waals surface area contributed by atoms with Crippen LogP contribution in [0.15, 0.2) is 60.7 Å². The second-order valence-corrected chi connectivity index (χ2v) is 6.84. The summed E-state index contributed by atoms with van der Waals surface area (Å²) in [5.74, 6) is -0.274. The number of aliphatic hydroxyl groups excluding tert-OH is 1. The zero-order chi connectivity index (χ0) is 17.9. The Morgan fingerprint density at radius 1 is 1.08 bits per heavy atom. The minimum atomic E-state index is -1.72. The lowest BCUT2D eigenvalue weighted by Gasteiger charge is -2.39. The summed E-state index contributed by atoms with van der Waals surface area (Å²) in [7, 11) is 0. The molecular weight excluding hydrogens is 314 g/mol. The van der Waals surface area contributed by atoms with Gasteiger partial charge in [0.15, 0.2) is 5.60 Å². The Bertz CT molecular complexity index is 660. The molecule has 1 aliphatic rings. The van der Waals surface area contributed by atoms with Gasteiger partial charge < -0.3 is 15.1 Å². The first-order chi connectivity index (χ1) is 12.0. The molecule has 1 aliphatic heterocycles. The van der Waals surface area contributed by atoms with E-state index in [2.05, 4.69) is 0 Å². The quantitative estimate of drug-likeness (QED) is 0.900. The van der Waals surface area contributed by atoms with Gasteiger partial charge in [0, 0.05) is 19.0 Å². The molecule has 3 rings (SSSR count). The number of amides is 1. The Hall–Kier alpha value is -2.17. The van der Waals surface area contributed by atoms with E-state index < -0.39 is 11.7 Å². The van der Waals surface area contributed by atoms with Crippen LogP contribution in [-0.4, -0.2) is 40.2 Å². The lowest BCUT2D eigenvalue weighted by molar-refractivity contribution is -0.150. The summed E-state index contributed by atoms with van der Waals surface area (Å²) in [6.07, 6.45) is 1.27. The average Bonchev–Trinajstić information content (AvgIpc) is 2.68. The molecule has 4 heteroatoms. The molecular formula is C21H25NO3. The molecule has 0 spiro atoms. The van der Waals surface area contributed by atoms with Gasteiger partial charge in [-0.25, -0.2) is 0 Å². The monoisotopic (exact) mass is 339 g/mol. The van der Waals surface area contributed by atoms with Crippen LogP contribution in [0, 0.1) is 5.92 Å². The highest BCUT2D eigenvalue weighted by Gasteiger charge is 2.43. The lowest BCUT2D eigenvalue weighted by atomic mass is 9.83. The molecule has 25 heavy (non-hydrogen) atoms. The minimum Gasteiger partial charge on any atom is -0.393 e. The molecule has 0 aliphatic carbocycles. The summed E-state index contributed by atoms with van der Waals surface area (Å²) >= 11 is 0. The summed E-state index contributed by atoms with van der Waals surface area (Å²) in [6, 6.07) is 18.1. The molecule has 2 aromatic carbocycles. The highest BCUT2D eigenvalue weighted by atomic mass is 16.3. The first-order valence-electron chi connectivity index (χ1n) is 8.84. The van der Waals surface area contributed by atoms with Crippen LogP contribution in [0.1, 0.15) is 30.9 Å². The molecule has 0 bridgehead atoms. The number of piperidine rings is 1. The van der Waals surface area contributed by atoms with Crippen LogP contribution < -0.4 is 0 Å². The van der Waals surface area contributed by atoms with E-state index in [9.17, 15) is 15.0 Å². The van der Waals surface area contributed by atoms with Gasteiger partial charge in [0.1, 0.15) is 0 Å². The van der Waals surface area contributed by atoms with Gasteiger partial charge >= 0.3 is 0 Å². The summed E-state index contributed by atoms with van der Waals surface area (Å²) < 4.78 is 0. The largest absolute Gasteiger partial charge is 0.393 e. The molecule has 0 radical (unpaired) electrons. The van der Waals surface area contributed by atoms with Crippen LogP contribution in [0.2, 0.25) is 0 Å². The van der Waals surface area contributed by atoms with Gasteiger partial charge in [-0.15, -0.1) is 0 Å². The average molecular weight is 339 g/mol. The van der Waals surface area contributed by atoms with Crippen LogP contribution in [-0.2, 0) is 10.4 Å². The van der Waals surface area contributed by atoms with Crippen molar-refractivity contribution in [2.75, 3.05) is 13.1 Å². The highest BCUT2D eigenvalue weighted by Crippen LogP contribution is 2.33. The Balaban J connectivity index is 1.99. The maximum absolute atomic E-state index is 13.4. The van der Waals surface area contributed by atoms with Crippen molar-refractivity contribution in [1.82, 2.24) is 4.90 Å². The van der Waals surface area contributed by atoms with Crippen molar-refractivity contribution in [3.8, 4) is 0 Å². The van der Waals surface area contributed by atoms with E-state index in [4.69, 9.17) is 0 Å². The normalized spacial score (nSPS) is 19.5. The number of carbonyl (C=O) groups is 1. The third-order valence-electron chi connectivity index (χ3n) is 5.12. The molecule has 1 fully saturated rings. The SMILES string of the molecule is CC(O)C1CCCN(C(=O)C(O)(c2ccccc2)c2ccccc2)C1. The fraction of sp³-hybridized carbons (Fsp3) is 0.381.